The molecule has 1 saturated heterocycles. The zero-order valence-corrected chi connectivity index (χ0v) is 13.3. The van der Waals surface area contributed by atoms with Gasteiger partial charge in [-0.3, -0.25) is 0 Å². The second-order valence-electron chi connectivity index (χ2n) is 4.66. The molecule has 1 aliphatic rings. The molecular weight excluding hydrogens is 324 g/mol. The highest BCUT2D eigenvalue weighted by Gasteiger charge is 2.30. The largest absolute Gasteiger partial charge is 0.326 e. The van der Waals surface area contributed by atoms with Crippen LogP contribution >= 0.6 is 12.4 Å². The summed E-state index contributed by atoms with van der Waals surface area (Å²) in [6.45, 7) is 0.702. The first-order chi connectivity index (χ1) is 8.71. The van der Waals surface area contributed by atoms with E-state index >= 15 is 0 Å². The van der Waals surface area contributed by atoms with Gasteiger partial charge in [-0.2, -0.15) is 4.31 Å². The third-order valence-electron chi connectivity index (χ3n) is 3.08. The van der Waals surface area contributed by atoms with Crippen molar-refractivity contribution < 1.29 is 16.8 Å². The van der Waals surface area contributed by atoms with Crippen LogP contribution < -0.4 is 5.73 Å². The fourth-order valence-corrected chi connectivity index (χ4v) is 4.12. The first kappa shape index (κ1) is 17.4. The van der Waals surface area contributed by atoms with Gasteiger partial charge in [0.1, 0.15) is 0 Å². The van der Waals surface area contributed by atoms with Crippen LogP contribution in [-0.4, -0.2) is 46.5 Å². The lowest BCUT2D eigenvalue weighted by Gasteiger charge is -2.16. The minimum atomic E-state index is -3.58. The van der Waals surface area contributed by atoms with Gasteiger partial charge in [0.2, 0.25) is 10.0 Å². The Hall–Kier alpha value is -0.670. The number of nitrogens with two attached hydrogens (primary N) is 1. The Morgan fingerprint density at radius 2 is 1.60 bits per heavy atom. The molecular formula is C11H17ClN2O4S2. The van der Waals surface area contributed by atoms with E-state index in [1.165, 1.54) is 28.6 Å². The highest BCUT2D eigenvalue weighted by atomic mass is 35.5. The SMILES string of the molecule is CS(=O)(=O)c1ccc(S(=O)(=O)N2CC[C@@H](N)C2)cc1.Cl. The topological polar surface area (TPSA) is 97.5 Å². The van der Waals surface area contributed by atoms with Crippen LogP contribution in [0.3, 0.4) is 0 Å². The van der Waals surface area contributed by atoms with Crippen LogP contribution in [0.15, 0.2) is 34.1 Å². The Kier molecular flexibility index (Phi) is 5.20. The van der Waals surface area contributed by atoms with Crippen LogP contribution in [-0.2, 0) is 19.9 Å². The molecule has 0 bridgehead atoms. The monoisotopic (exact) mass is 340 g/mol. The summed E-state index contributed by atoms with van der Waals surface area (Å²) in [5.74, 6) is 0. The molecule has 2 N–H and O–H groups in total. The number of nitrogens with zero attached hydrogens (tertiary/aromatic N) is 1. The van der Waals surface area contributed by atoms with Gasteiger partial charge in [-0.05, 0) is 30.7 Å². The number of rotatable bonds is 3. The summed E-state index contributed by atoms with van der Waals surface area (Å²) in [4.78, 5) is 0.193. The van der Waals surface area contributed by atoms with E-state index in [-0.39, 0.29) is 28.2 Å². The number of hydrogen-bond acceptors (Lipinski definition) is 5. The third kappa shape index (κ3) is 3.50. The van der Waals surface area contributed by atoms with Crippen molar-refractivity contribution in [2.45, 2.75) is 22.3 Å². The number of benzene rings is 1. The van der Waals surface area contributed by atoms with Crippen molar-refractivity contribution >= 4 is 32.3 Å². The first-order valence-electron chi connectivity index (χ1n) is 5.77. The van der Waals surface area contributed by atoms with Crippen molar-refractivity contribution in [3.8, 4) is 0 Å². The molecule has 20 heavy (non-hydrogen) atoms. The molecule has 1 atom stereocenters. The summed E-state index contributed by atoms with van der Waals surface area (Å²) in [6.07, 6.45) is 1.72. The van der Waals surface area contributed by atoms with E-state index < -0.39 is 19.9 Å². The molecule has 0 radical (unpaired) electrons. The minimum absolute atomic E-state index is 0. The second-order valence-corrected chi connectivity index (χ2v) is 8.61. The van der Waals surface area contributed by atoms with Gasteiger partial charge < -0.3 is 5.73 Å². The smallest absolute Gasteiger partial charge is 0.243 e. The van der Waals surface area contributed by atoms with E-state index in [0.717, 1.165) is 6.26 Å². The maximum Gasteiger partial charge on any atom is 0.243 e. The van der Waals surface area contributed by atoms with Crippen LogP contribution in [0.1, 0.15) is 6.42 Å². The Morgan fingerprint density at radius 3 is 2.00 bits per heavy atom. The zero-order valence-electron chi connectivity index (χ0n) is 10.9. The normalized spacial score (nSPS) is 20.6. The maximum absolute atomic E-state index is 12.3. The van der Waals surface area contributed by atoms with E-state index in [1.54, 1.807) is 0 Å². The van der Waals surface area contributed by atoms with Crippen LogP contribution in [0, 0.1) is 0 Å². The van der Waals surface area contributed by atoms with Gasteiger partial charge in [0, 0.05) is 25.4 Å². The molecule has 1 aliphatic heterocycles. The number of hydrogen-bond donors (Lipinski definition) is 1. The molecule has 1 heterocycles. The Balaban J connectivity index is 0.00000200. The first-order valence-corrected chi connectivity index (χ1v) is 9.10. The Bertz CT molecular complexity index is 671. The molecule has 0 saturated carbocycles. The van der Waals surface area contributed by atoms with Crippen molar-refractivity contribution in [2.75, 3.05) is 19.3 Å². The quantitative estimate of drug-likeness (QED) is 0.849. The fraction of sp³-hybridized carbons (Fsp3) is 0.455. The van der Waals surface area contributed by atoms with Crippen molar-refractivity contribution in [1.82, 2.24) is 4.31 Å². The van der Waals surface area contributed by atoms with Gasteiger partial charge in [-0.25, -0.2) is 16.8 Å². The predicted octanol–water partition coefficient (Wildman–Crippen LogP) is 0.234. The van der Waals surface area contributed by atoms with Crippen molar-refractivity contribution in [3.05, 3.63) is 24.3 Å². The lowest BCUT2D eigenvalue weighted by Crippen LogP contribution is -2.31. The summed E-state index contributed by atoms with van der Waals surface area (Å²) < 4.78 is 48.5. The second kappa shape index (κ2) is 5.98. The molecule has 9 heteroatoms. The number of sulfone groups is 1. The number of sulfonamides is 1. The standard InChI is InChI=1S/C11H16N2O4S2.ClH/c1-18(14,15)10-2-4-11(5-3-10)19(16,17)13-7-6-9(12)8-13;/h2-5,9H,6-8,12H2,1H3;1H/t9-;/m1./s1. The summed E-state index contributed by atoms with van der Waals surface area (Å²) in [6, 6.07) is 5.10. The molecule has 0 amide bonds. The lowest BCUT2D eigenvalue weighted by atomic mass is 10.3. The highest BCUT2D eigenvalue weighted by Crippen LogP contribution is 2.21. The van der Waals surface area contributed by atoms with Crippen LogP contribution in [0.2, 0.25) is 0 Å². The Morgan fingerprint density at radius 1 is 1.10 bits per heavy atom. The van der Waals surface area contributed by atoms with E-state index in [2.05, 4.69) is 0 Å². The lowest BCUT2D eigenvalue weighted by molar-refractivity contribution is 0.472. The molecule has 1 aromatic rings. The average Bonchev–Trinajstić information content (AvgIpc) is 2.76. The van der Waals surface area contributed by atoms with Crippen LogP contribution in [0.4, 0.5) is 0 Å². The molecule has 1 fully saturated rings. The van der Waals surface area contributed by atoms with Gasteiger partial charge in [0.15, 0.2) is 9.84 Å². The predicted molar refractivity (Wildman–Crippen MR) is 78.2 cm³/mol. The third-order valence-corrected chi connectivity index (χ3v) is 6.08. The molecule has 2 rings (SSSR count). The maximum atomic E-state index is 12.3. The molecule has 0 unspecified atom stereocenters. The molecule has 0 aromatic heterocycles. The molecule has 0 spiro atoms. The fourth-order valence-electron chi connectivity index (χ4n) is 1.98. The summed E-state index contributed by atoms with van der Waals surface area (Å²) in [5.41, 5.74) is 5.70. The van der Waals surface area contributed by atoms with E-state index in [9.17, 15) is 16.8 Å². The van der Waals surface area contributed by atoms with Crippen molar-refractivity contribution in [2.24, 2.45) is 5.73 Å². The number of halogens is 1. The minimum Gasteiger partial charge on any atom is -0.326 e. The van der Waals surface area contributed by atoms with E-state index in [4.69, 9.17) is 5.73 Å². The van der Waals surface area contributed by atoms with Crippen LogP contribution in [0.5, 0.6) is 0 Å². The molecule has 1 aromatic carbocycles. The summed E-state index contributed by atoms with van der Waals surface area (Å²) in [5, 5.41) is 0. The highest BCUT2D eigenvalue weighted by molar-refractivity contribution is 7.90. The summed E-state index contributed by atoms with van der Waals surface area (Å²) >= 11 is 0. The van der Waals surface area contributed by atoms with Crippen LogP contribution in [0.25, 0.3) is 0 Å². The van der Waals surface area contributed by atoms with Gasteiger partial charge in [0.05, 0.1) is 9.79 Å². The average molecular weight is 341 g/mol. The summed E-state index contributed by atoms with van der Waals surface area (Å²) in [7, 11) is -6.90. The van der Waals surface area contributed by atoms with Crippen molar-refractivity contribution in [3.63, 3.8) is 0 Å². The van der Waals surface area contributed by atoms with Gasteiger partial charge in [-0.1, -0.05) is 0 Å². The zero-order chi connectivity index (χ0) is 14.3. The van der Waals surface area contributed by atoms with E-state index in [1.807, 2.05) is 0 Å². The molecule has 0 aliphatic carbocycles. The molecule has 114 valence electrons. The van der Waals surface area contributed by atoms with E-state index in [0.29, 0.717) is 19.5 Å². The van der Waals surface area contributed by atoms with Gasteiger partial charge >= 0.3 is 0 Å². The van der Waals surface area contributed by atoms with Gasteiger partial charge in [-0.15, -0.1) is 12.4 Å². The Labute approximate surface area is 125 Å². The van der Waals surface area contributed by atoms with Gasteiger partial charge in [0.25, 0.3) is 0 Å². The van der Waals surface area contributed by atoms with Crippen molar-refractivity contribution in [1.29, 1.82) is 0 Å². The molecule has 6 nitrogen and oxygen atoms in total.